The van der Waals surface area contributed by atoms with Gasteiger partial charge in [-0.05, 0) is 48.4 Å². The fraction of sp³-hybridized carbons (Fsp3) is 0.318. The van der Waals surface area contributed by atoms with Crippen LogP contribution in [0.2, 0.25) is 0 Å². The molecular formula is C22H26O6. The molecule has 0 heterocycles. The lowest BCUT2D eigenvalue weighted by Crippen LogP contribution is -2.10. The Labute approximate surface area is 165 Å². The molecule has 2 aromatic rings. The number of methoxy groups -OCH3 is 4. The van der Waals surface area contributed by atoms with Crippen LogP contribution in [-0.2, 0) is 16.0 Å². The normalized spacial score (nSPS) is 11.0. The Morgan fingerprint density at radius 2 is 1.39 bits per heavy atom. The van der Waals surface area contributed by atoms with Gasteiger partial charge in [0, 0.05) is 12.0 Å². The van der Waals surface area contributed by atoms with E-state index in [0.717, 1.165) is 11.1 Å². The molecule has 0 saturated heterocycles. The van der Waals surface area contributed by atoms with E-state index in [1.165, 1.54) is 0 Å². The molecule has 0 amide bonds. The highest BCUT2D eigenvalue weighted by molar-refractivity contribution is 5.94. The second kappa shape index (κ2) is 10.3. The molecule has 0 atom stereocenters. The van der Waals surface area contributed by atoms with E-state index in [0.29, 0.717) is 41.6 Å². The number of hydrogen-bond acceptors (Lipinski definition) is 6. The summed E-state index contributed by atoms with van der Waals surface area (Å²) < 4.78 is 26.5. The second-order valence-electron chi connectivity index (χ2n) is 5.87. The van der Waals surface area contributed by atoms with Gasteiger partial charge in [0.15, 0.2) is 23.0 Å². The largest absolute Gasteiger partial charge is 0.493 e. The van der Waals surface area contributed by atoms with Crippen molar-refractivity contribution < 1.29 is 28.5 Å². The van der Waals surface area contributed by atoms with Crippen LogP contribution >= 0.6 is 0 Å². The third-order valence-corrected chi connectivity index (χ3v) is 4.13. The number of hydrogen-bond donors (Lipinski definition) is 0. The highest BCUT2D eigenvalue weighted by Gasteiger charge is 2.14. The van der Waals surface area contributed by atoms with Crippen LogP contribution in [0.3, 0.4) is 0 Å². The second-order valence-corrected chi connectivity index (χ2v) is 5.87. The highest BCUT2D eigenvalue weighted by atomic mass is 16.5. The van der Waals surface area contributed by atoms with Crippen molar-refractivity contribution in [2.45, 2.75) is 13.3 Å². The van der Waals surface area contributed by atoms with E-state index in [-0.39, 0.29) is 5.97 Å². The number of rotatable bonds is 9. The molecule has 0 aliphatic rings. The van der Waals surface area contributed by atoms with Gasteiger partial charge < -0.3 is 23.7 Å². The summed E-state index contributed by atoms with van der Waals surface area (Å²) >= 11 is 0. The Hall–Kier alpha value is -3.15. The van der Waals surface area contributed by atoms with Gasteiger partial charge in [-0.3, -0.25) is 0 Å². The molecule has 28 heavy (non-hydrogen) atoms. The lowest BCUT2D eigenvalue weighted by molar-refractivity contribution is -0.138. The van der Waals surface area contributed by atoms with Crippen molar-refractivity contribution in [2.24, 2.45) is 0 Å². The highest BCUT2D eigenvalue weighted by Crippen LogP contribution is 2.30. The van der Waals surface area contributed by atoms with E-state index in [1.807, 2.05) is 30.3 Å². The minimum atomic E-state index is -0.368. The number of benzene rings is 2. The van der Waals surface area contributed by atoms with Crippen LogP contribution in [0, 0.1) is 0 Å². The number of carbonyl (C=O) groups is 1. The fourth-order valence-electron chi connectivity index (χ4n) is 2.76. The predicted octanol–water partition coefficient (Wildman–Crippen LogP) is 3.91. The van der Waals surface area contributed by atoms with Crippen LogP contribution < -0.4 is 18.9 Å². The van der Waals surface area contributed by atoms with E-state index in [2.05, 4.69) is 0 Å². The predicted molar refractivity (Wildman–Crippen MR) is 107 cm³/mol. The summed E-state index contributed by atoms with van der Waals surface area (Å²) in [7, 11) is 6.31. The molecule has 0 spiro atoms. The minimum Gasteiger partial charge on any atom is -0.493 e. The van der Waals surface area contributed by atoms with Gasteiger partial charge in [-0.2, -0.15) is 0 Å². The molecule has 0 aliphatic heterocycles. The number of ether oxygens (including phenoxy) is 5. The van der Waals surface area contributed by atoms with E-state index < -0.39 is 0 Å². The summed E-state index contributed by atoms with van der Waals surface area (Å²) in [4.78, 5) is 12.5. The minimum absolute atomic E-state index is 0.300. The summed E-state index contributed by atoms with van der Waals surface area (Å²) in [6.07, 6.45) is 2.17. The van der Waals surface area contributed by atoms with Crippen LogP contribution in [0.1, 0.15) is 18.1 Å². The Balaban J connectivity index is 2.40. The van der Waals surface area contributed by atoms with Crippen molar-refractivity contribution in [2.75, 3.05) is 35.0 Å². The van der Waals surface area contributed by atoms with Crippen molar-refractivity contribution in [3.05, 3.63) is 53.1 Å². The van der Waals surface area contributed by atoms with Gasteiger partial charge in [0.1, 0.15) is 0 Å². The monoisotopic (exact) mass is 386 g/mol. The number of esters is 1. The first-order valence-corrected chi connectivity index (χ1v) is 8.86. The van der Waals surface area contributed by atoms with Crippen molar-refractivity contribution in [3.8, 4) is 23.0 Å². The average Bonchev–Trinajstić information content (AvgIpc) is 2.73. The van der Waals surface area contributed by atoms with Gasteiger partial charge in [-0.15, -0.1) is 0 Å². The van der Waals surface area contributed by atoms with Gasteiger partial charge in [0.05, 0.1) is 35.0 Å². The van der Waals surface area contributed by atoms with Gasteiger partial charge in [-0.1, -0.05) is 12.1 Å². The molecule has 0 unspecified atom stereocenters. The van der Waals surface area contributed by atoms with Gasteiger partial charge in [-0.25, -0.2) is 4.79 Å². The standard InChI is InChI=1S/C22H26O6/c1-6-28-22(23)17(11-15-7-9-18(24-2)20(13-15)26-4)12-16-8-10-19(25-3)21(14-16)27-5/h7-11,13-14H,6,12H2,1-5H3/b17-11-. The fourth-order valence-corrected chi connectivity index (χ4v) is 2.76. The summed E-state index contributed by atoms with van der Waals surface area (Å²) in [6, 6.07) is 11.0. The summed E-state index contributed by atoms with van der Waals surface area (Å²) in [6.45, 7) is 2.08. The first-order chi connectivity index (χ1) is 13.6. The molecule has 6 nitrogen and oxygen atoms in total. The van der Waals surface area contributed by atoms with Crippen molar-refractivity contribution in [1.29, 1.82) is 0 Å². The first kappa shape index (κ1) is 21.2. The molecular weight excluding hydrogens is 360 g/mol. The zero-order valence-corrected chi connectivity index (χ0v) is 16.9. The van der Waals surface area contributed by atoms with Crippen LogP contribution in [-0.4, -0.2) is 41.0 Å². The SMILES string of the molecule is CCOC(=O)/C(=C\c1ccc(OC)c(OC)c1)Cc1ccc(OC)c(OC)c1. The molecule has 2 rings (SSSR count). The van der Waals surface area contributed by atoms with Crippen LogP contribution in [0.25, 0.3) is 6.08 Å². The maximum Gasteiger partial charge on any atom is 0.334 e. The Bertz CT molecular complexity index is 841. The first-order valence-electron chi connectivity index (χ1n) is 8.86. The van der Waals surface area contributed by atoms with Crippen LogP contribution in [0.4, 0.5) is 0 Å². The van der Waals surface area contributed by atoms with E-state index in [9.17, 15) is 4.79 Å². The van der Waals surface area contributed by atoms with Gasteiger partial charge in [0.25, 0.3) is 0 Å². The van der Waals surface area contributed by atoms with Crippen molar-refractivity contribution >= 4 is 12.0 Å². The Morgan fingerprint density at radius 1 is 0.821 bits per heavy atom. The topological polar surface area (TPSA) is 63.2 Å². The molecule has 0 radical (unpaired) electrons. The smallest absolute Gasteiger partial charge is 0.334 e. The molecule has 0 bridgehead atoms. The third kappa shape index (κ3) is 5.19. The maximum absolute atomic E-state index is 12.5. The van der Waals surface area contributed by atoms with E-state index >= 15 is 0 Å². The quantitative estimate of drug-likeness (QED) is 0.481. The van der Waals surface area contributed by atoms with Gasteiger partial charge in [0.2, 0.25) is 0 Å². The molecule has 0 aromatic heterocycles. The zero-order chi connectivity index (χ0) is 20.5. The van der Waals surface area contributed by atoms with Gasteiger partial charge >= 0.3 is 5.97 Å². The molecule has 0 saturated carbocycles. The molecule has 6 heteroatoms. The average molecular weight is 386 g/mol. The van der Waals surface area contributed by atoms with Crippen LogP contribution in [0.15, 0.2) is 42.0 Å². The summed E-state index contributed by atoms with van der Waals surface area (Å²) in [5.41, 5.74) is 2.22. The molecule has 2 aromatic carbocycles. The maximum atomic E-state index is 12.5. The number of carbonyl (C=O) groups excluding carboxylic acids is 1. The Kier molecular flexibility index (Phi) is 7.75. The van der Waals surface area contributed by atoms with Crippen molar-refractivity contribution in [3.63, 3.8) is 0 Å². The van der Waals surface area contributed by atoms with E-state index in [1.54, 1.807) is 47.5 Å². The lowest BCUT2D eigenvalue weighted by Gasteiger charge is -2.12. The molecule has 0 fully saturated rings. The lowest BCUT2D eigenvalue weighted by atomic mass is 10.0. The van der Waals surface area contributed by atoms with E-state index in [4.69, 9.17) is 23.7 Å². The zero-order valence-electron chi connectivity index (χ0n) is 16.9. The Morgan fingerprint density at radius 3 is 1.96 bits per heavy atom. The van der Waals surface area contributed by atoms with Crippen molar-refractivity contribution in [1.82, 2.24) is 0 Å². The van der Waals surface area contributed by atoms with Crippen LogP contribution in [0.5, 0.6) is 23.0 Å². The molecule has 150 valence electrons. The summed E-state index contributed by atoms with van der Waals surface area (Å²) in [5, 5.41) is 0. The third-order valence-electron chi connectivity index (χ3n) is 4.13. The summed E-state index contributed by atoms with van der Waals surface area (Å²) in [5.74, 6) is 2.08. The molecule has 0 N–H and O–H groups in total. The molecule has 0 aliphatic carbocycles.